The molecule has 0 fully saturated rings. The quantitative estimate of drug-likeness (QED) is 0.594. The van der Waals surface area contributed by atoms with Crippen LogP contribution in [0.4, 0.5) is 0 Å². The van der Waals surface area contributed by atoms with Gasteiger partial charge in [-0.05, 0) is 23.8 Å². The van der Waals surface area contributed by atoms with Gasteiger partial charge in [-0.1, -0.05) is 0 Å². The first kappa shape index (κ1) is 10.6. The molecule has 0 bridgehead atoms. The van der Waals surface area contributed by atoms with E-state index in [2.05, 4.69) is 15.0 Å². The highest BCUT2D eigenvalue weighted by molar-refractivity contribution is 7.98. The molecule has 4 nitrogen and oxygen atoms in total. The molecular weight excluding hydrogens is 220 g/mol. The maximum Gasteiger partial charge on any atom is 0.140 e. The Morgan fingerprint density at radius 3 is 2.94 bits per heavy atom. The second kappa shape index (κ2) is 5.24. The number of hydrogen-bond donors (Lipinski definition) is 0. The van der Waals surface area contributed by atoms with Crippen LogP contribution in [-0.2, 0) is 5.75 Å². The van der Waals surface area contributed by atoms with Gasteiger partial charge in [0.05, 0.1) is 5.03 Å². The van der Waals surface area contributed by atoms with Crippen LogP contribution in [0, 0.1) is 11.3 Å². The van der Waals surface area contributed by atoms with E-state index < -0.39 is 0 Å². The molecule has 2 aromatic rings. The summed E-state index contributed by atoms with van der Waals surface area (Å²) in [6.45, 7) is 0. The van der Waals surface area contributed by atoms with Gasteiger partial charge in [0.15, 0.2) is 0 Å². The fraction of sp³-hybridized carbons (Fsp3) is 0.0909. The average molecular weight is 228 g/mol. The van der Waals surface area contributed by atoms with E-state index in [-0.39, 0.29) is 0 Å². The molecule has 0 atom stereocenters. The lowest BCUT2D eigenvalue weighted by molar-refractivity contribution is 1.05. The van der Waals surface area contributed by atoms with Gasteiger partial charge in [0, 0.05) is 18.1 Å². The number of aromatic nitrogens is 3. The summed E-state index contributed by atoms with van der Waals surface area (Å²) in [7, 11) is 0. The minimum Gasteiger partial charge on any atom is -0.246 e. The molecule has 0 amide bonds. The van der Waals surface area contributed by atoms with Crippen LogP contribution in [0.1, 0.15) is 11.3 Å². The van der Waals surface area contributed by atoms with Crippen molar-refractivity contribution in [1.82, 2.24) is 15.0 Å². The lowest BCUT2D eigenvalue weighted by atomic mass is 10.2. The van der Waals surface area contributed by atoms with Crippen molar-refractivity contribution in [3.8, 4) is 6.07 Å². The smallest absolute Gasteiger partial charge is 0.140 e. The Labute approximate surface area is 97.4 Å². The molecule has 16 heavy (non-hydrogen) atoms. The summed E-state index contributed by atoms with van der Waals surface area (Å²) in [5.74, 6) is 0.772. The van der Waals surface area contributed by atoms with Crippen molar-refractivity contribution in [3.05, 3.63) is 48.2 Å². The summed E-state index contributed by atoms with van der Waals surface area (Å²) in [4.78, 5) is 11.9. The topological polar surface area (TPSA) is 62.5 Å². The molecule has 0 aliphatic rings. The van der Waals surface area contributed by atoms with Gasteiger partial charge in [-0.25, -0.2) is 15.0 Å². The van der Waals surface area contributed by atoms with Crippen molar-refractivity contribution in [1.29, 1.82) is 5.26 Å². The number of nitrogens with zero attached hydrogens (tertiary/aromatic N) is 4. The molecule has 0 spiro atoms. The fourth-order valence-corrected chi connectivity index (χ4v) is 1.92. The maximum atomic E-state index is 8.71. The fourth-order valence-electron chi connectivity index (χ4n) is 1.15. The average Bonchev–Trinajstić information content (AvgIpc) is 2.38. The first-order valence-electron chi connectivity index (χ1n) is 4.62. The second-order valence-electron chi connectivity index (χ2n) is 3.00. The van der Waals surface area contributed by atoms with E-state index >= 15 is 0 Å². The van der Waals surface area contributed by atoms with Crippen LogP contribution in [0.3, 0.4) is 0 Å². The zero-order valence-electron chi connectivity index (χ0n) is 8.37. The summed E-state index contributed by atoms with van der Waals surface area (Å²) >= 11 is 1.60. The largest absolute Gasteiger partial charge is 0.246 e. The Kier molecular flexibility index (Phi) is 3.46. The van der Waals surface area contributed by atoms with Gasteiger partial charge >= 0.3 is 0 Å². The van der Waals surface area contributed by atoms with E-state index in [4.69, 9.17) is 5.26 Å². The molecule has 0 N–H and O–H groups in total. The van der Waals surface area contributed by atoms with Crippen molar-refractivity contribution in [3.63, 3.8) is 0 Å². The highest BCUT2D eigenvalue weighted by atomic mass is 32.2. The zero-order chi connectivity index (χ0) is 11.2. The molecule has 5 heteroatoms. The second-order valence-corrected chi connectivity index (χ2v) is 3.99. The van der Waals surface area contributed by atoms with Crippen LogP contribution in [0.25, 0.3) is 0 Å². The normalized spacial score (nSPS) is 9.69. The van der Waals surface area contributed by atoms with Gasteiger partial charge in [-0.15, -0.1) is 11.8 Å². The first-order chi connectivity index (χ1) is 7.88. The van der Waals surface area contributed by atoms with Crippen molar-refractivity contribution < 1.29 is 0 Å². The number of rotatable bonds is 3. The van der Waals surface area contributed by atoms with E-state index in [0.717, 1.165) is 16.3 Å². The predicted octanol–water partition coefficient (Wildman–Crippen LogP) is 2.04. The lowest BCUT2D eigenvalue weighted by Crippen LogP contribution is -1.87. The van der Waals surface area contributed by atoms with E-state index in [9.17, 15) is 0 Å². The minimum absolute atomic E-state index is 0.445. The van der Waals surface area contributed by atoms with Gasteiger partial charge in [0.1, 0.15) is 18.1 Å². The Hall–Kier alpha value is -1.93. The van der Waals surface area contributed by atoms with E-state index in [1.165, 1.54) is 6.33 Å². The van der Waals surface area contributed by atoms with Crippen molar-refractivity contribution in [2.75, 3.05) is 0 Å². The van der Waals surface area contributed by atoms with E-state index in [1.807, 2.05) is 18.2 Å². The molecule has 0 saturated carbocycles. The van der Waals surface area contributed by atoms with Gasteiger partial charge in [0.25, 0.3) is 0 Å². The number of nitriles is 1. The Morgan fingerprint density at radius 2 is 2.19 bits per heavy atom. The Bertz CT molecular complexity index is 507. The van der Waals surface area contributed by atoms with Crippen LogP contribution < -0.4 is 0 Å². The third-order valence-corrected chi connectivity index (χ3v) is 2.90. The Balaban J connectivity index is 2.03. The highest BCUT2D eigenvalue weighted by Gasteiger charge is 1.99. The van der Waals surface area contributed by atoms with Gasteiger partial charge in [-0.3, -0.25) is 0 Å². The van der Waals surface area contributed by atoms with Crippen LogP contribution in [-0.4, -0.2) is 15.0 Å². The lowest BCUT2D eigenvalue weighted by Gasteiger charge is -2.00. The standard InChI is InChI=1S/C11H8N4S/c12-6-10-5-9(1-4-14-10)7-16-11-2-3-13-8-15-11/h1-5,8H,7H2. The minimum atomic E-state index is 0.445. The molecule has 2 rings (SSSR count). The van der Waals surface area contributed by atoms with Crippen LogP contribution in [0.5, 0.6) is 0 Å². The zero-order valence-corrected chi connectivity index (χ0v) is 9.18. The van der Waals surface area contributed by atoms with E-state index in [0.29, 0.717) is 5.69 Å². The van der Waals surface area contributed by atoms with Crippen LogP contribution >= 0.6 is 11.8 Å². The van der Waals surface area contributed by atoms with Crippen molar-refractivity contribution in [2.45, 2.75) is 10.8 Å². The first-order valence-corrected chi connectivity index (χ1v) is 5.61. The van der Waals surface area contributed by atoms with E-state index in [1.54, 1.807) is 30.2 Å². The summed E-state index contributed by atoms with van der Waals surface area (Å²) in [6, 6.07) is 7.56. The molecule has 0 unspecified atom stereocenters. The van der Waals surface area contributed by atoms with Crippen LogP contribution in [0.2, 0.25) is 0 Å². The monoisotopic (exact) mass is 228 g/mol. The maximum absolute atomic E-state index is 8.71. The van der Waals surface area contributed by atoms with Gasteiger partial charge in [-0.2, -0.15) is 5.26 Å². The molecule has 0 saturated heterocycles. The summed E-state index contributed by atoms with van der Waals surface area (Å²) in [6.07, 6.45) is 4.88. The third-order valence-electron chi connectivity index (χ3n) is 1.88. The molecule has 0 aliphatic carbocycles. The van der Waals surface area contributed by atoms with Crippen molar-refractivity contribution in [2.24, 2.45) is 0 Å². The summed E-state index contributed by atoms with van der Waals surface area (Å²) in [5, 5.41) is 9.63. The van der Waals surface area contributed by atoms with Gasteiger partial charge in [0.2, 0.25) is 0 Å². The van der Waals surface area contributed by atoms with Gasteiger partial charge < -0.3 is 0 Å². The molecule has 2 heterocycles. The number of hydrogen-bond acceptors (Lipinski definition) is 5. The number of thioether (sulfide) groups is 1. The van der Waals surface area contributed by atoms with Crippen molar-refractivity contribution >= 4 is 11.8 Å². The Morgan fingerprint density at radius 1 is 1.25 bits per heavy atom. The third kappa shape index (κ3) is 2.78. The number of pyridine rings is 1. The SMILES string of the molecule is N#Cc1cc(CSc2ccncn2)ccn1. The van der Waals surface area contributed by atoms with Crippen LogP contribution in [0.15, 0.2) is 41.9 Å². The molecule has 2 aromatic heterocycles. The predicted molar refractivity (Wildman–Crippen MR) is 60.5 cm³/mol. The molecular formula is C11H8N4S. The summed E-state index contributed by atoms with van der Waals surface area (Å²) in [5.41, 5.74) is 1.51. The highest BCUT2D eigenvalue weighted by Crippen LogP contribution is 2.19. The summed E-state index contributed by atoms with van der Waals surface area (Å²) < 4.78 is 0. The molecule has 78 valence electrons. The molecule has 0 aromatic carbocycles. The molecule has 0 radical (unpaired) electrons. The molecule has 0 aliphatic heterocycles.